The van der Waals surface area contributed by atoms with Crippen molar-refractivity contribution >= 4 is 23.0 Å². The van der Waals surface area contributed by atoms with E-state index in [1.165, 1.54) is 29.9 Å². The van der Waals surface area contributed by atoms with Crippen LogP contribution in [0.3, 0.4) is 0 Å². The minimum Gasteiger partial charge on any atom is -0.394 e. The highest BCUT2D eigenvalue weighted by Crippen LogP contribution is 2.30. The third-order valence-corrected chi connectivity index (χ3v) is 3.87. The van der Waals surface area contributed by atoms with E-state index < -0.39 is 24.0 Å². The number of aromatic nitrogens is 4. The summed E-state index contributed by atoms with van der Waals surface area (Å²) in [6.45, 7) is 1.05. The van der Waals surface area contributed by atoms with E-state index in [2.05, 4.69) is 20.4 Å². The standard InChI is InChI=1S/C13H18N6O5/c1-6(21)18(2)17-13-15-11-10(12(23)16-13)14-5-19(11)9-3-7(22)8(4-20)24-9/h5,7-9,20,22H,3-4H2,1-2H3,(H2,15,16,17,23)/t7-,8+,9+/m0/s1. The highest BCUT2D eigenvalue weighted by molar-refractivity contribution is 5.75. The molecule has 3 heterocycles. The number of imidazole rings is 1. The second-order valence-corrected chi connectivity index (χ2v) is 5.54. The Balaban J connectivity index is 1.97. The molecule has 0 aliphatic carbocycles. The van der Waals surface area contributed by atoms with Gasteiger partial charge in [0.05, 0.1) is 19.0 Å². The highest BCUT2D eigenvalue weighted by Gasteiger charge is 2.35. The lowest BCUT2D eigenvalue weighted by Gasteiger charge is -2.17. The van der Waals surface area contributed by atoms with Gasteiger partial charge in [-0.1, -0.05) is 0 Å². The van der Waals surface area contributed by atoms with Gasteiger partial charge in [0.1, 0.15) is 12.3 Å². The Morgan fingerprint density at radius 3 is 3.00 bits per heavy atom. The minimum atomic E-state index is -0.819. The number of nitrogens with zero attached hydrogens (tertiary/aromatic N) is 4. The summed E-state index contributed by atoms with van der Waals surface area (Å²) in [7, 11) is 1.49. The molecule has 2 aromatic rings. The number of nitrogens with one attached hydrogen (secondary N) is 2. The van der Waals surface area contributed by atoms with Gasteiger partial charge >= 0.3 is 0 Å². The van der Waals surface area contributed by atoms with Gasteiger partial charge in [0.15, 0.2) is 11.2 Å². The van der Waals surface area contributed by atoms with Crippen LogP contribution in [0.5, 0.6) is 0 Å². The zero-order valence-corrected chi connectivity index (χ0v) is 13.1. The number of anilines is 1. The molecule has 130 valence electrons. The van der Waals surface area contributed by atoms with Crippen LogP contribution in [0.25, 0.3) is 11.2 Å². The molecule has 0 bridgehead atoms. The Labute approximate surface area is 135 Å². The molecule has 1 amide bonds. The molecule has 11 nitrogen and oxygen atoms in total. The first-order valence-electron chi connectivity index (χ1n) is 7.33. The Kier molecular flexibility index (Phi) is 4.22. The predicted octanol–water partition coefficient (Wildman–Crippen LogP) is -1.43. The van der Waals surface area contributed by atoms with Crippen molar-refractivity contribution in [1.29, 1.82) is 0 Å². The second kappa shape index (κ2) is 6.19. The van der Waals surface area contributed by atoms with Crippen molar-refractivity contribution in [2.24, 2.45) is 0 Å². The molecule has 0 aromatic carbocycles. The van der Waals surface area contributed by atoms with E-state index >= 15 is 0 Å². The average Bonchev–Trinajstić information content (AvgIpc) is 3.10. The van der Waals surface area contributed by atoms with Crippen LogP contribution in [-0.4, -0.2) is 66.5 Å². The lowest BCUT2D eigenvalue weighted by Crippen LogP contribution is -2.32. The molecule has 0 saturated carbocycles. The number of fused-ring (bicyclic) bond motifs is 1. The van der Waals surface area contributed by atoms with Crippen molar-refractivity contribution in [1.82, 2.24) is 24.5 Å². The Bertz CT molecular complexity index is 817. The molecule has 0 unspecified atom stereocenters. The largest absolute Gasteiger partial charge is 0.394 e. The van der Waals surface area contributed by atoms with E-state index in [1.54, 1.807) is 0 Å². The molecule has 1 saturated heterocycles. The van der Waals surface area contributed by atoms with Crippen LogP contribution in [0, 0.1) is 0 Å². The van der Waals surface area contributed by atoms with Crippen molar-refractivity contribution in [3.8, 4) is 0 Å². The maximum absolute atomic E-state index is 12.1. The molecule has 3 atom stereocenters. The smallest absolute Gasteiger partial charge is 0.280 e. The number of aliphatic hydroxyl groups is 2. The molecule has 4 N–H and O–H groups in total. The summed E-state index contributed by atoms with van der Waals surface area (Å²) in [6, 6.07) is 0. The van der Waals surface area contributed by atoms with Crippen LogP contribution in [0.4, 0.5) is 5.95 Å². The Morgan fingerprint density at radius 1 is 1.62 bits per heavy atom. The zero-order valence-electron chi connectivity index (χ0n) is 13.1. The number of hydrogen-bond donors (Lipinski definition) is 4. The second-order valence-electron chi connectivity index (χ2n) is 5.54. The molecule has 1 fully saturated rings. The van der Waals surface area contributed by atoms with Gasteiger partial charge in [-0.05, 0) is 0 Å². The number of rotatable bonds is 4. The Hall–Kier alpha value is -2.50. The number of aromatic amines is 1. The first-order chi connectivity index (χ1) is 11.4. The minimum absolute atomic E-state index is 0.0733. The summed E-state index contributed by atoms with van der Waals surface area (Å²) in [5.41, 5.74) is 2.53. The summed E-state index contributed by atoms with van der Waals surface area (Å²) in [5.74, 6) is -0.191. The summed E-state index contributed by atoms with van der Waals surface area (Å²) >= 11 is 0. The fraction of sp³-hybridized carbons (Fsp3) is 0.538. The van der Waals surface area contributed by atoms with Crippen LogP contribution in [0.1, 0.15) is 19.6 Å². The predicted molar refractivity (Wildman–Crippen MR) is 81.8 cm³/mol. The van der Waals surface area contributed by atoms with Gasteiger partial charge in [0.25, 0.3) is 5.56 Å². The van der Waals surface area contributed by atoms with E-state index in [0.29, 0.717) is 0 Å². The molecule has 24 heavy (non-hydrogen) atoms. The van der Waals surface area contributed by atoms with E-state index in [4.69, 9.17) is 4.74 Å². The third-order valence-electron chi connectivity index (χ3n) is 3.87. The lowest BCUT2D eigenvalue weighted by atomic mass is 10.2. The SMILES string of the molecule is CC(=O)N(C)Nc1nc2c(ncn2[C@H]2C[C@H](O)[C@@H](CO)O2)c(=O)[nH]1. The van der Waals surface area contributed by atoms with E-state index in [1.807, 2.05) is 0 Å². The number of hydrogen-bond acceptors (Lipinski definition) is 8. The van der Waals surface area contributed by atoms with Crippen LogP contribution in [0.2, 0.25) is 0 Å². The van der Waals surface area contributed by atoms with Crippen LogP contribution >= 0.6 is 0 Å². The number of aliphatic hydroxyl groups excluding tert-OH is 2. The van der Waals surface area contributed by atoms with Gasteiger partial charge in [-0.15, -0.1) is 0 Å². The fourth-order valence-corrected chi connectivity index (χ4v) is 2.48. The van der Waals surface area contributed by atoms with Crippen molar-refractivity contribution in [3.05, 3.63) is 16.7 Å². The van der Waals surface area contributed by atoms with Crippen LogP contribution < -0.4 is 11.0 Å². The number of carbonyl (C=O) groups is 1. The summed E-state index contributed by atoms with van der Waals surface area (Å²) < 4.78 is 7.08. The van der Waals surface area contributed by atoms with Crippen LogP contribution in [0.15, 0.2) is 11.1 Å². The van der Waals surface area contributed by atoms with Gasteiger partial charge in [0, 0.05) is 20.4 Å². The number of carbonyl (C=O) groups excluding carboxylic acids is 1. The number of ether oxygens (including phenoxy) is 1. The molecule has 0 spiro atoms. The van der Waals surface area contributed by atoms with Gasteiger partial charge in [0.2, 0.25) is 11.9 Å². The normalized spacial score (nSPS) is 23.6. The summed E-state index contributed by atoms with van der Waals surface area (Å²) in [4.78, 5) is 34.2. The highest BCUT2D eigenvalue weighted by atomic mass is 16.5. The van der Waals surface area contributed by atoms with E-state index in [-0.39, 0.29) is 36.0 Å². The van der Waals surface area contributed by atoms with E-state index in [0.717, 1.165) is 0 Å². The molecule has 11 heteroatoms. The number of hydrazine groups is 1. The van der Waals surface area contributed by atoms with E-state index in [9.17, 15) is 19.8 Å². The Morgan fingerprint density at radius 2 is 2.38 bits per heavy atom. The number of H-pyrrole nitrogens is 1. The molecule has 1 aliphatic rings. The van der Waals surface area contributed by atoms with Gasteiger partial charge in [-0.2, -0.15) is 4.98 Å². The van der Waals surface area contributed by atoms with Crippen molar-refractivity contribution < 1.29 is 19.7 Å². The molecular weight excluding hydrogens is 320 g/mol. The van der Waals surface area contributed by atoms with Crippen LogP contribution in [-0.2, 0) is 9.53 Å². The molecule has 3 rings (SSSR count). The molecular formula is C13H18N6O5. The lowest BCUT2D eigenvalue weighted by molar-refractivity contribution is -0.126. The first kappa shape index (κ1) is 16.4. The van der Waals surface area contributed by atoms with Crippen molar-refractivity contribution in [2.45, 2.75) is 31.8 Å². The maximum Gasteiger partial charge on any atom is 0.280 e. The van der Waals surface area contributed by atoms with Gasteiger partial charge in [-0.25, -0.2) is 4.98 Å². The zero-order chi connectivity index (χ0) is 17.4. The van der Waals surface area contributed by atoms with Gasteiger partial charge < -0.3 is 14.9 Å². The quantitative estimate of drug-likeness (QED) is 0.496. The summed E-state index contributed by atoms with van der Waals surface area (Å²) in [6.07, 6.45) is -0.490. The maximum atomic E-state index is 12.1. The summed E-state index contributed by atoms with van der Waals surface area (Å²) in [5, 5.41) is 20.2. The fourth-order valence-electron chi connectivity index (χ4n) is 2.48. The molecule has 1 aliphatic heterocycles. The topological polar surface area (TPSA) is 146 Å². The average molecular weight is 338 g/mol. The third kappa shape index (κ3) is 2.84. The monoisotopic (exact) mass is 338 g/mol. The number of amides is 1. The van der Waals surface area contributed by atoms with Crippen molar-refractivity contribution in [3.63, 3.8) is 0 Å². The first-order valence-corrected chi connectivity index (χ1v) is 7.33. The van der Waals surface area contributed by atoms with Gasteiger partial charge in [-0.3, -0.25) is 29.6 Å². The molecule has 2 aromatic heterocycles. The van der Waals surface area contributed by atoms with Crippen molar-refractivity contribution in [2.75, 3.05) is 19.1 Å². The molecule has 0 radical (unpaired) electrons.